The number of nitrogens with zero attached hydrogens (tertiary/aromatic N) is 1. The van der Waals surface area contributed by atoms with E-state index in [4.69, 9.17) is 4.74 Å². The molecule has 4 saturated carbocycles. The number of hydrogen-bond donors (Lipinski definition) is 1. The highest BCUT2D eigenvalue weighted by molar-refractivity contribution is 5.03. The van der Waals surface area contributed by atoms with E-state index >= 15 is 0 Å². The predicted molar refractivity (Wildman–Crippen MR) is 87.7 cm³/mol. The van der Waals surface area contributed by atoms with Gasteiger partial charge in [-0.25, -0.2) is 0 Å². The van der Waals surface area contributed by atoms with Crippen LogP contribution in [0, 0.1) is 17.8 Å². The fraction of sp³-hybridized carbons (Fsp3) is 1.00. The van der Waals surface area contributed by atoms with Gasteiger partial charge in [0.2, 0.25) is 0 Å². The summed E-state index contributed by atoms with van der Waals surface area (Å²) in [6.07, 6.45) is 11.8. The van der Waals surface area contributed by atoms with Gasteiger partial charge in [-0.1, -0.05) is 6.42 Å². The normalized spacial score (nSPS) is 46.1. The molecule has 1 heterocycles. The average Bonchev–Trinajstić information content (AvgIpc) is 2.46. The van der Waals surface area contributed by atoms with Gasteiger partial charge >= 0.3 is 0 Å². The van der Waals surface area contributed by atoms with Crippen molar-refractivity contribution in [2.24, 2.45) is 17.8 Å². The van der Waals surface area contributed by atoms with Gasteiger partial charge in [0.25, 0.3) is 0 Å². The van der Waals surface area contributed by atoms with E-state index in [-0.39, 0.29) is 11.7 Å². The van der Waals surface area contributed by atoms with Gasteiger partial charge in [-0.15, -0.1) is 0 Å². The van der Waals surface area contributed by atoms with Crippen molar-refractivity contribution in [3.8, 4) is 0 Å². The summed E-state index contributed by atoms with van der Waals surface area (Å²) in [5.41, 5.74) is 0.142. The molecule has 2 atom stereocenters. The number of aliphatic hydroxyl groups excluding tert-OH is 1. The summed E-state index contributed by atoms with van der Waals surface area (Å²) in [4.78, 5) is 2.46. The molecule has 0 aromatic rings. The fourth-order valence-corrected chi connectivity index (χ4v) is 6.23. The topological polar surface area (TPSA) is 32.7 Å². The first-order valence-corrected chi connectivity index (χ1v) is 9.68. The minimum atomic E-state index is -0.312. The van der Waals surface area contributed by atoms with Crippen molar-refractivity contribution in [2.75, 3.05) is 19.7 Å². The lowest BCUT2D eigenvalue weighted by atomic mass is 9.54. The zero-order valence-corrected chi connectivity index (χ0v) is 14.2. The van der Waals surface area contributed by atoms with E-state index in [2.05, 4.69) is 11.8 Å². The molecule has 5 rings (SSSR count). The number of hydrogen-bond acceptors (Lipinski definition) is 3. The molecule has 1 saturated heterocycles. The minimum Gasteiger partial charge on any atom is -0.389 e. The maximum Gasteiger partial charge on any atom is 0.0900 e. The van der Waals surface area contributed by atoms with Gasteiger partial charge in [0.1, 0.15) is 0 Å². The highest BCUT2D eigenvalue weighted by Gasteiger charge is 2.51. The molecule has 0 amide bonds. The van der Waals surface area contributed by atoms with E-state index in [0.29, 0.717) is 12.6 Å². The first-order chi connectivity index (χ1) is 10.6. The first kappa shape index (κ1) is 15.4. The monoisotopic (exact) mass is 307 g/mol. The Kier molecular flexibility index (Phi) is 4.25. The Hall–Kier alpha value is -0.120. The summed E-state index contributed by atoms with van der Waals surface area (Å²) in [5.74, 6) is 2.77. The first-order valence-electron chi connectivity index (χ1n) is 9.68. The van der Waals surface area contributed by atoms with Crippen molar-refractivity contribution < 1.29 is 9.84 Å². The van der Waals surface area contributed by atoms with E-state index < -0.39 is 0 Å². The summed E-state index contributed by atoms with van der Waals surface area (Å²) in [6, 6.07) is 0.628. The van der Waals surface area contributed by atoms with Crippen molar-refractivity contribution in [1.29, 1.82) is 0 Å². The summed E-state index contributed by atoms with van der Waals surface area (Å²) >= 11 is 0. The number of β-amino-alcohol motifs (C(OH)–C–C–N with tert-alkyl or cyclic N) is 1. The molecular weight excluding hydrogens is 274 g/mol. The Bertz CT molecular complexity index is 362. The predicted octanol–water partition coefficient (Wildman–Crippen LogP) is 3.21. The maximum atomic E-state index is 10.5. The van der Waals surface area contributed by atoms with Gasteiger partial charge in [-0.3, -0.25) is 4.90 Å². The van der Waals surface area contributed by atoms with Crippen LogP contribution < -0.4 is 0 Å². The van der Waals surface area contributed by atoms with E-state index in [1.807, 2.05) is 0 Å². The molecule has 1 aliphatic heterocycles. The van der Waals surface area contributed by atoms with Crippen molar-refractivity contribution >= 4 is 0 Å². The summed E-state index contributed by atoms with van der Waals surface area (Å²) in [7, 11) is 0. The lowest BCUT2D eigenvalue weighted by Crippen LogP contribution is -2.53. The quantitative estimate of drug-likeness (QED) is 0.846. The van der Waals surface area contributed by atoms with Crippen molar-refractivity contribution in [1.82, 2.24) is 4.90 Å². The van der Waals surface area contributed by atoms with Crippen LogP contribution in [0.2, 0.25) is 0 Å². The highest BCUT2D eigenvalue weighted by Crippen LogP contribution is 2.57. The second-order valence-electron chi connectivity index (χ2n) is 8.91. The lowest BCUT2D eigenvalue weighted by Gasteiger charge is -2.56. The molecule has 3 nitrogen and oxygen atoms in total. The Morgan fingerprint density at radius 3 is 2.32 bits per heavy atom. The maximum absolute atomic E-state index is 10.5. The van der Waals surface area contributed by atoms with Crippen LogP contribution in [-0.4, -0.2) is 47.4 Å². The number of piperidine rings is 1. The van der Waals surface area contributed by atoms with E-state index in [0.717, 1.165) is 30.8 Å². The largest absolute Gasteiger partial charge is 0.389 e. The van der Waals surface area contributed by atoms with Crippen LogP contribution in [0.3, 0.4) is 0 Å². The second-order valence-corrected chi connectivity index (χ2v) is 8.91. The van der Waals surface area contributed by atoms with Crippen LogP contribution in [0.15, 0.2) is 0 Å². The standard InChI is InChI=1S/C19H33NO2/c1-14-4-2-3-5-20(14)12-18(21)13-22-19-9-15-6-16(10-19)8-17(7-15)11-19/h14-18,21H,2-13H2,1H3/t14-,15?,16?,17?,18+,19?/m0/s1. The fourth-order valence-electron chi connectivity index (χ4n) is 6.23. The third-order valence-electron chi connectivity index (χ3n) is 6.95. The van der Waals surface area contributed by atoms with Crippen LogP contribution >= 0.6 is 0 Å². The van der Waals surface area contributed by atoms with Crippen LogP contribution in [0.4, 0.5) is 0 Å². The Morgan fingerprint density at radius 1 is 1.09 bits per heavy atom. The average molecular weight is 307 g/mol. The molecule has 126 valence electrons. The van der Waals surface area contributed by atoms with Crippen molar-refractivity contribution in [3.05, 3.63) is 0 Å². The summed E-state index contributed by atoms with van der Waals surface area (Å²) in [5, 5.41) is 10.5. The molecule has 5 fully saturated rings. The molecule has 0 aromatic carbocycles. The van der Waals surface area contributed by atoms with Gasteiger partial charge in [0, 0.05) is 12.6 Å². The molecule has 0 aromatic heterocycles. The van der Waals surface area contributed by atoms with E-state index in [9.17, 15) is 5.11 Å². The van der Waals surface area contributed by atoms with Crippen molar-refractivity contribution in [2.45, 2.75) is 82.5 Å². The summed E-state index contributed by atoms with van der Waals surface area (Å²) < 4.78 is 6.40. The molecule has 0 spiro atoms. The second kappa shape index (κ2) is 6.07. The van der Waals surface area contributed by atoms with Crippen LogP contribution in [0.1, 0.15) is 64.7 Å². The van der Waals surface area contributed by atoms with Gasteiger partial charge in [0.15, 0.2) is 0 Å². The molecule has 0 unspecified atom stereocenters. The Balaban J connectivity index is 1.29. The smallest absolute Gasteiger partial charge is 0.0900 e. The number of ether oxygens (including phenoxy) is 1. The highest BCUT2D eigenvalue weighted by atomic mass is 16.5. The molecule has 22 heavy (non-hydrogen) atoms. The molecule has 4 bridgehead atoms. The molecular formula is C19H33NO2. The SMILES string of the molecule is C[C@H]1CCCCN1C[C@@H](O)COC12CC3CC(CC(C3)C1)C2. The number of likely N-dealkylation sites (tertiary alicyclic amines) is 1. The molecule has 3 heteroatoms. The van der Waals surface area contributed by atoms with E-state index in [1.165, 1.54) is 57.8 Å². The lowest BCUT2D eigenvalue weighted by molar-refractivity contribution is -0.176. The molecule has 1 N–H and O–H groups in total. The van der Waals surface area contributed by atoms with E-state index in [1.54, 1.807) is 0 Å². The van der Waals surface area contributed by atoms with Crippen molar-refractivity contribution in [3.63, 3.8) is 0 Å². The Labute approximate surface area is 135 Å². The Morgan fingerprint density at radius 2 is 1.73 bits per heavy atom. The van der Waals surface area contributed by atoms with Crippen LogP contribution in [-0.2, 0) is 4.74 Å². The zero-order chi connectivity index (χ0) is 15.2. The van der Waals surface area contributed by atoms with Gasteiger partial charge in [-0.2, -0.15) is 0 Å². The van der Waals surface area contributed by atoms with Gasteiger partial charge in [0.05, 0.1) is 18.3 Å². The third-order valence-corrected chi connectivity index (χ3v) is 6.95. The van der Waals surface area contributed by atoms with Gasteiger partial charge in [-0.05, 0) is 82.6 Å². The third kappa shape index (κ3) is 3.09. The van der Waals surface area contributed by atoms with Crippen LogP contribution in [0.25, 0.3) is 0 Å². The summed E-state index contributed by atoms with van der Waals surface area (Å²) in [6.45, 7) is 4.80. The van der Waals surface area contributed by atoms with Crippen LogP contribution in [0.5, 0.6) is 0 Å². The zero-order valence-electron chi connectivity index (χ0n) is 14.2. The number of aliphatic hydroxyl groups is 1. The molecule has 0 radical (unpaired) electrons. The number of rotatable bonds is 5. The minimum absolute atomic E-state index is 0.142. The molecule has 4 aliphatic carbocycles. The van der Waals surface area contributed by atoms with Gasteiger partial charge < -0.3 is 9.84 Å². The molecule has 5 aliphatic rings.